The molecule has 3 aromatic heterocycles. The van der Waals surface area contributed by atoms with Crippen molar-refractivity contribution in [2.45, 2.75) is 0 Å². The van der Waals surface area contributed by atoms with Crippen molar-refractivity contribution in [3.05, 3.63) is 218 Å². The van der Waals surface area contributed by atoms with Crippen LogP contribution in [0, 0.1) is 0 Å². The lowest BCUT2D eigenvalue weighted by Crippen LogP contribution is -2.04. The normalized spacial score (nSPS) is 12.4. The van der Waals surface area contributed by atoms with E-state index in [-0.39, 0.29) is 23.0 Å². The van der Waals surface area contributed by atoms with E-state index in [9.17, 15) is 0 Å². The van der Waals surface area contributed by atoms with Crippen LogP contribution in [0.25, 0.3) is 107 Å². The fraction of sp³-hybridized carbons (Fsp3) is 0. The van der Waals surface area contributed by atoms with Crippen molar-refractivity contribution in [2.75, 3.05) is 0 Å². The van der Waals surface area contributed by atoms with Gasteiger partial charge in [0.15, 0.2) is 23.3 Å². The van der Waals surface area contributed by atoms with Crippen LogP contribution in [0.3, 0.4) is 0 Å². The van der Waals surface area contributed by atoms with Crippen LogP contribution in [0.4, 0.5) is 0 Å². The second-order valence-corrected chi connectivity index (χ2v) is 14.5. The smallest absolute Gasteiger partial charge is 0.166 e. The van der Waals surface area contributed by atoms with Gasteiger partial charge in [0.1, 0.15) is 0 Å². The van der Waals surface area contributed by atoms with Gasteiger partial charge >= 0.3 is 0 Å². The molecule has 286 valence electrons. The van der Waals surface area contributed by atoms with Gasteiger partial charge in [-0.3, -0.25) is 0 Å². The van der Waals surface area contributed by atoms with Crippen LogP contribution < -0.4 is 0 Å². The molecule has 0 aliphatic heterocycles. The molecule has 0 unspecified atom stereocenters. The molecule has 8 aromatic carbocycles. The number of aromatic nitrogens is 6. The summed E-state index contributed by atoms with van der Waals surface area (Å²) < 4.78 is 45.6. The van der Waals surface area contributed by atoms with Crippen LogP contribution in [0.1, 0.15) is 6.85 Å². The Labute approximate surface area is 360 Å². The Morgan fingerprint density at radius 3 is 1.51 bits per heavy atom. The summed E-state index contributed by atoms with van der Waals surface area (Å²) in [6, 6.07) is 60.1. The summed E-state index contributed by atoms with van der Waals surface area (Å²) in [5.74, 6) is 1.01. The van der Waals surface area contributed by atoms with Gasteiger partial charge < -0.3 is 4.57 Å². The van der Waals surface area contributed by atoms with E-state index in [0.717, 1.165) is 61.0 Å². The molecule has 11 aromatic rings. The number of hydrogen-bond acceptors (Lipinski definition) is 5. The van der Waals surface area contributed by atoms with Crippen molar-refractivity contribution in [1.82, 2.24) is 29.5 Å². The number of benzene rings is 8. The second-order valence-electron chi connectivity index (χ2n) is 14.5. The van der Waals surface area contributed by atoms with Gasteiger partial charge in [0.25, 0.3) is 0 Å². The Morgan fingerprint density at radius 2 is 0.836 bits per heavy atom. The number of para-hydroxylation sites is 1. The van der Waals surface area contributed by atoms with Gasteiger partial charge in [-0.1, -0.05) is 182 Å². The lowest BCUT2D eigenvalue weighted by molar-refractivity contribution is 1.06. The van der Waals surface area contributed by atoms with E-state index in [1.807, 2.05) is 146 Å². The molecule has 0 aliphatic carbocycles. The minimum absolute atomic E-state index is 0.0540. The zero-order valence-electron chi connectivity index (χ0n) is 37.6. The molecule has 6 heteroatoms. The van der Waals surface area contributed by atoms with Crippen molar-refractivity contribution in [3.8, 4) is 84.9 Å². The summed E-state index contributed by atoms with van der Waals surface area (Å²) >= 11 is 0. The van der Waals surface area contributed by atoms with E-state index in [0.29, 0.717) is 22.6 Å². The summed E-state index contributed by atoms with van der Waals surface area (Å²) in [4.78, 5) is 25.2. The average molecular weight is 786 g/mol. The van der Waals surface area contributed by atoms with Crippen LogP contribution in [-0.4, -0.2) is 29.5 Å². The standard InChI is InChI=1S/C55H36N6/c1-6-18-37(19-7-1)42-30-32-50-45(34-42)44-28-16-17-29-49(44)61(50)51-33-31-43(48-36-47(38-20-8-2-9-21-38)56-52(57-48)39-22-10-3-11-23-39)35-46(51)55-59-53(40-24-12-4-13-25-40)58-54(60-55)41-26-14-5-15-27-41/h1-36H/i4D,12D,13D,24D,25D. The molecule has 0 radical (unpaired) electrons. The Hall–Kier alpha value is -8.35. The predicted molar refractivity (Wildman–Crippen MR) is 248 cm³/mol. The molecule has 61 heavy (non-hydrogen) atoms. The van der Waals surface area contributed by atoms with E-state index in [2.05, 4.69) is 47.0 Å². The lowest BCUT2D eigenvalue weighted by Gasteiger charge is -2.17. The minimum atomic E-state index is -0.502. The molecule has 6 nitrogen and oxygen atoms in total. The monoisotopic (exact) mass is 785 g/mol. The molecule has 11 rings (SSSR count). The first-order valence-corrected chi connectivity index (χ1v) is 19.9. The fourth-order valence-corrected chi connectivity index (χ4v) is 7.87. The Bertz CT molecular complexity index is 3560. The summed E-state index contributed by atoms with van der Waals surface area (Å²) in [5.41, 5.74) is 9.93. The fourth-order valence-electron chi connectivity index (χ4n) is 7.87. The molecule has 0 bridgehead atoms. The number of rotatable bonds is 8. The molecule has 0 aliphatic rings. The minimum Gasteiger partial charge on any atom is -0.309 e. The summed E-state index contributed by atoms with van der Waals surface area (Å²) in [6.07, 6.45) is 0. The van der Waals surface area contributed by atoms with E-state index in [1.165, 1.54) is 0 Å². The average Bonchev–Trinajstić information content (AvgIpc) is 3.71. The van der Waals surface area contributed by atoms with Gasteiger partial charge in [-0.15, -0.1) is 0 Å². The van der Waals surface area contributed by atoms with Crippen LogP contribution in [0.15, 0.2) is 218 Å². The predicted octanol–water partition coefficient (Wildman–Crippen LogP) is 13.4. The van der Waals surface area contributed by atoms with Crippen LogP contribution >= 0.6 is 0 Å². The van der Waals surface area contributed by atoms with Crippen molar-refractivity contribution >= 4 is 21.8 Å². The summed E-state index contributed by atoms with van der Waals surface area (Å²) in [7, 11) is 0. The van der Waals surface area contributed by atoms with Gasteiger partial charge in [-0.25, -0.2) is 24.9 Å². The summed E-state index contributed by atoms with van der Waals surface area (Å²) in [6.45, 7) is 0. The van der Waals surface area contributed by atoms with Crippen molar-refractivity contribution in [1.29, 1.82) is 0 Å². The molecule has 0 spiro atoms. The van der Waals surface area contributed by atoms with Crippen molar-refractivity contribution in [2.24, 2.45) is 0 Å². The maximum atomic E-state index is 8.98. The van der Waals surface area contributed by atoms with Crippen LogP contribution in [0.5, 0.6) is 0 Å². The molecule has 0 amide bonds. The second kappa shape index (κ2) is 15.4. The number of fused-ring (bicyclic) bond motifs is 3. The first-order chi connectivity index (χ1) is 32.3. The van der Waals surface area contributed by atoms with E-state index >= 15 is 0 Å². The zero-order valence-corrected chi connectivity index (χ0v) is 32.6. The highest BCUT2D eigenvalue weighted by molar-refractivity contribution is 6.11. The molecular formula is C55H36N6. The quantitative estimate of drug-likeness (QED) is 0.153. The van der Waals surface area contributed by atoms with Crippen molar-refractivity contribution < 1.29 is 6.85 Å². The molecular weight excluding hydrogens is 745 g/mol. The third-order valence-electron chi connectivity index (χ3n) is 10.8. The number of nitrogens with zero attached hydrogens (tertiary/aromatic N) is 6. The maximum absolute atomic E-state index is 8.98. The van der Waals surface area contributed by atoms with Gasteiger partial charge in [0.05, 0.1) is 35.0 Å². The first-order valence-electron chi connectivity index (χ1n) is 22.4. The third kappa shape index (κ3) is 6.82. The van der Waals surface area contributed by atoms with Crippen molar-refractivity contribution in [3.63, 3.8) is 0 Å². The van der Waals surface area contributed by atoms with Gasteiger partial charge in [-0.2, -0.15) is 0 Å². The van der Waals surface area contributed by atoms with Gasteiger partial charge in [0, 0.05) is 44.2 Å². The number of hydrogen-bond donors (Lipinski definition) is 0. The highest BCUT2D eigenvalue weighted by Crippen LogP contribution is 2.40. The maximum Gasteiger partial charge on any atom is 0.166 e. The molecule has 0 fully saturated rings. The lowest BCUT2D eigenvalue weighted by atomic mass is 10.0. The largest absolute Gasteiger partial charge is 0.309 e. The summed E-state index contributed by atoms with van der Waals surface area (Å²) in [5, 5.41) is 2.11. The Kier molecular flexibility index (Phi) is 7.77. The highest BCUT2D eigenvalue weighted by Gasteiger charge is 2.22. The highest BCUT2D eigenvalue weighted by atomic mass is 15.1. The topological polar surface area (TPSA) is 69.4 Å². The van der Waals surface area contributed by atoms with Crippen LogP contribution in [-0.2, 0) is 0 Å². The molecule has 0 saturated carbocycles. The molecule has 3 heterocycles. The van der Waals surface area contributed by atoms with E-state index < -0.39 is 30.2 Å². The van der Waals surface area contributed by atoms with Crippen LogP contribution in [0.2, 0.25) is 0 Å². The SMILES string of the molecule is [2H]c1c([2H])c([2H])c(-c2nc(-c3ccccc3)nc(-c3cc(-c4cc(-c5ccccc5)nc(-c5ccccc5)n4)ccc3-n3c4ccccc4c4cc(-c5ccccc5)ccc43)n2)c([2H])c1[2H]. The molecule has 0 N–H and O–H groups in total. The third-order valence-corrected chi connectivity index (χ3v) is 10.8. The zero-order chi connectivity index (χ0) is 44.9. The Morgan fingerprint density at radius 1 is 0.328 bits per heavy atom. The van der Waals surface area contributed by atoms with Gasteiger partial charge in [0.2, 0.25) is 0 Å². The first kappa shape index (κ1) is 30.7. The molecule has 0 atom stereocenters. The van der Waals surface area contributed by atoms with Gasteiger partial charge in [-0.05, 0) is 47.5 Å². The molecule has 0 saturated heterocycles. The van der Waals surface area contributed by atoms with E-state index in [4.69, 9.17) is 31.8 Å². The Balaban J connectivity index is 1.22. The van der Waals surface area contributed by atoms with E-state index in [1.54, 1.807) is 0 Å².